The van der Waals surface area contributed by atoms with Crippen LogP contribution in [0.4, 0.5) is 0 Å². The van der Waals surface area contributed by atoms with Gasteiger partial charge in [0.25, 0.3) is 0 Å². The molecule has 0 amide bonds. The third-order valence-corrected chi connectivity index (χ3v) is 11.0. The van der Waals surface area contributed by atoms with Crippen molar-refractivity contribution in [3.63, 3.8) is 0 Å². The van der Waals surface area contributed by atoms with Crippen molar-refractivity contribution < 1.29 is 9.47 Å². The summed E-state index contributed by atoms with van der Waals surface area (Å²) >= 11 is 0. The molecule has 0 radical (unpaired) electrons. The van der Waals surface area contributed by atoms with Gasteiger partial charge in [-0.2, -0.15) is 0 Å². The standard InChI is InChI=1S/C41H52O2/c1-7-12-17-28(10-4)25-42-33-23-24-34(43-26-29(11-5)18-13-8-2)39-37(33)40-36-30(16-9-3)22-21-27(6)35(36)38-31-19-14-15-20-32(31)41(38,39)40/h9,14-16,19-24,28-29,38,40H,7-8,10-13,17-18,25-26H2,1-6H3/b16-9+. The van der Waals surface area contributed by atoms with Crippen LogP contribution in [0, 0.1) is 18.8 Å². The molecule has 2 heteroatoms. The van der Waals surface area contributed by atoms with Crippen LogP contribution in [0.15, 0.2) is 54.6 Å². The molecule has 228 valence electrons. The Balaban J connectivity index is 1.49. The molecule has 0 aliphatic heterocycles. The molecule has 0 aromatic heterocycles. The van der Waals surface area contributed by atoms with Crippen LogP contribution >= 0.6 is 0 Å². The summed E-state index contributed by atoms with van der Waals surface area (Å²) in [4.78, 5) is 0. The minimum Gasteiger partial charge on any atom is -0.493 e. The number of ether oxygens (including phenoxy) is 2. The van der Waals surface area contributed by atoms with E-state index in [2.05, 4.69) is 102 Å². The summed E-state index contributed by atoms with van der Waals surface area (Å²) in [6.07, 6.45) is 14.3. The molecular weight excluding hydrogens is 524 g/mol. The van der Waals surface area contributed by atoms with Crippen LogP contribution in [-0.2, 0) is 5.41 Å². The van der Waals surface area contributed by atoms with Gasteiger partial charge in [0.2, 0.25) is 0 Å². The van der Waals surface area contributed by atoms with Gasteiger partial charge in [0.05, 0.1) is 13.2 Å². The van der Waals surface area contributed by atoms with Crippen LogP contribution in [0.1, 0.15) is 142 Å². The molecule has 6 rings (SSSR count). The fraction of sp³-hybridized carbons (Fsp3) is 0.512. The van der Waals surface area contributed by atoms with E-state index in [1.807, 2.05) is 0 Å². The Morgan fingerprint density at radius 1 is 0.744 bits per heavy atom. The molecule has 0 fully saturated rings. The lowest BCUT2D eigenvalue weighted by atomic mass is 9.42. The molecular formula is C41H52O2. The van der Waals surface area contributed by atoms with E-state index in [0.29, 0.717) is 23.7 Å². The van der Waals surface area contributed by atoms with Crippen molar-refractivity contribution >= 4 is 6.08 Å². The van der Waals surface area contributed by atoms with Crippen LogP contribution in [0.3, 0.4) is 0 Å². The largest absolute Gasteiger partial charge is 0.493 e. The quantitative estimate of drug-likeness (QED) is 0.179. The Morgan fingerprint density at radius 3 is 2.05 bits per heavy atom. The Hall–Kier alpha value is -3.00. The molecule has 1 spiro atoms. The molecule has 0 bridgehead atoms. The highest BCUT2D eigenvalue weighted by Gasteiger charge is 2.72. The highest BCUT2D eigenvalue weighted by Crippen LogP contribution is 2.80. The van der Waals surface area contributed by atoms with Gasteiger partial charge in [-0.05, 0) is 84.0 Å². The predicted molar refractivity (Wildman–Crippen MR) is 181 cm³/mol. The average Bonchev–Trinajstić information content (AvgIpc) is 3.23. The molecule has 0 N–H and O–H groups in total. The second-order valence-electron chi connectivity index (χ2n) is 13.4. The predicted octanol–water partition coefficient (Wildman–Crippen LogP) is 11.1. The molecule has 3 aromatic rings. The molecule has 0 saturated carbocycles. The first-order valence-electron chi connectivity index (χ1n) is 17.3. The maximum absolute atomic E-state index is 6.88. The Kier molecular flexibility index (Phi) is 8.77. The molecule has 0 saturated heterocycles. The van der Waals surface area contributed by atoms with Crippen molar-refractivity contribution in [2.75, 3.05) is 13.2 Å². The van der Waals surface area contributed by atoms with Crippen LogP contribution in [-0.4, -0.2) is 13.2 Å². The van der Waals surface area contributed by atoms with Crippen molar-refractivity contribution in [3.8, 4) is 11.5 Å². The number of fused-ring (bicyclic) bond motifs is 7. The fourth-order valence-electron chi connectivity index (χ4n) is 8.64. The van der Waals surface area contributed by atoms with Gasteiger partial charge in [-0.1, -0.05) is 115 Å². The zero-order valence-corrected chi connectivity index (χ0v) is 27.5. The van der Waals surface area contributed by atoms with Crippen LogP contribution in [0.5, 0.6) is 11.5 Å². The van der Waals surface area contributed by atoms with Crippen molar-refractivity contribution in [2.45, 2.75) is 110 Å². The highest BCUT2D eigenvalue weighted by molar-refractivity contribution is 5.85. The van der Waals surface area contributed by atoms with E-state index >= 15 is 0 Å². The van der Waals surface area contributed by atoms with Gasteiger partial charge in [0, 0.05) is 28.4 Å². The molecule has 3 aliphatic rings. The normalized spacial score (nSPS) is 22.0. The van der Waals surface area contributed by atoms with E-state index in [1.54, 1.807) is 0 Å². The lowest BCUT2D eigenvalue weighted by Crippen LogP contribution is -2.53. The number of allylic oxidation sites excluding steroid dienone is 1. The van der Waals surface area contributed by atoms with Gasteiger partial charge in [-0.3, -0.25) is 0 Å². The summed E-state index contributed by atoms with van der Waals surface area (Å²) in [5.74, 6) is 4.02. The summed E-state index contributed by atoms with van der Waals surface area (Å²) in [6.45, 7) is 15.2. The Bertz CT molecular complexity index is 1480. The van der Waals surface area contributed by atoms with Gasteiger partial charge in [-0.25, -0.2) is 0 Å². The first-order valence-corrected chi connectivity index (χ1v) is 17.3. The minimum absolute atomic E-state index is 0.0666. The monoisotopic (exact) mass is 576 g/mol. The Labute approximate surface area is 260 Å². The van der Waals surface area contributed by atoms with E-state index in [0.717, 1.165) is 37.6 Å². The fourth-order valence-corrected chi connectivity index (χ4v) is 8.64. The number of hydrogen-bond acceptors (Lipinski definition) is 2. The number of benzene rings is 3. The molecule has 3 aromatic carbocycles. The maximum Gasteiger partial charge on any atom is 0.124 e. The smallest absolute Gasteiger partial charge is 0.124 e. The van der Waals surface area contributed by atoms with Gasteiger partial charge < -0.3 is 9.47 Å². The van der Waals surface area contributed by atoms with Gasteiger partial charge in [-0.15, -0.1) is 0 Å². The van der Waals surface area contributed by atoms with E-state index in [9.17, 15) is 0 Å². The summed E-state index contributed by atoms with van der Waals surface area (Å²) in [7, 11) is 0. The summed E-state index contributed by atoms with van der Waals surface area (Å²) in [5.41, 5.74) is 11.5. The third-order valence-electron chi connectivity index (χ3n) is 11.0. The van der Waals surface area contributed by atoms with Crippen LogP contribution in [0.25, 0.3) is 6.08 Å². The number of aryl methyl sites for hydroxylation is 1. The number of unbranched alkanes of at least 4 members (excludes halogenated alkanes) is 2. The lowest BCUT2D eigenvalue weighted by Gasteiger charge is -2.59. The zero-order chi connectivity index (χ0) is 30.1. The number of rotatable bonds is 15. The van der Waals surface area contributed by atoms with Gasteiger partial charge in [0.15, 0.2) is 0 Å². The molecule has 43 heavy (non-hydrogen) atoms. The first kappa shape index (κ1) is 30.0. The van der Waals surface area contributed by atoms with Crippen molar-refractivity contribution in [1.29, 1.82) is 0 Å². The highest BCUT2D eigenvalue weighted by atomic mass is 16.5. The maximum atomic E-state index is 6.88. The van der Waals surface area contributed by atoms with Crippen molar-refractivity contribution in [1.82, 2.24) is 0 Å². The summed E-state index contributed by atoms with van der Waals surface area (Å²) in [5, 5.41) is 0. The van der Waals surface area contributed by atoms with Gasteiger partial charge >= 0.3 is 0 Å². The minimum atomic E-state index is -0.0666. The van der Waals surface area contributed by atoms with Crippen LogP contribution < -0.4 is 9.47 Å². The molecule has 5 unspecified atom stereocenters. The van der Waals surface area contributed by atoms with Crippen molar-refractivity contribution in [3.05, 3.63) is 99.1 Å². The second-order valence-corrected chi connectivity index (χ2v) is 13.4. The lowest BCUT2D eigenvalue weighted by molar-refractivity contribution is 0.206. The van der Waals surface area contributed by atoms with E-state index in [4.69, 9.17) is 9.47 Å². The van der Waals surface area contributed by atoms with Crippen LogP contribution in [0.2, 0.25) is 0 Å². The average molecular weight is 577 g/mol. The van der Waals surface area contributed by atoms with E-state index in [-0.39, 0.29) is 5.41 Å². The molecule has 5 atom stereocenters. The van der Waals surface area contributed by atoms with Crippen molar-refractivity contribution in [2.24, 2.45) is 11.8 Å². The zero-order valence-electron chi connectivity index (χ0n) is 27.5. The molecule has 3 aliphatic carbocycles. The second kappa shape index (κ2) is 12.5. The number of hydrogen-bond donors (Lipinski definition) is 0. The summed E-state index contributed by atoms with van der Waals surface area (Å²) in [6, 6.07) is 18.4. The topological polar surface area (TPSA) is 18.5 Å². The summed E-state index contributed by atoms with van der Waals surface area (Å²) < 4.78 is 13.7. The molecule has 0 heterocycles. The Morgan fingerprint density at radius 2 is 1.40 bits per heavy atom. The third kappa shape index (κ3) is 4.66. The van der Waals surface area contributed by atoms with E-state index < -0.39 is 0 Å². The first-order chi connectivity index (χ1) is 21.1. The SMILES string of the molecule is C/C=C/c1ccc(C)c2c1C1c3c(OCC(CC)CCCC)ccc(OCC(CC)CCCC)c3C13c1ccccc1C23. The van der Waals surface area contributed by atoms with Gasteiger partial charge in [0.1, 0.15) is 11.5 Å². The molecule has 2 nitrogen and oxygen atoms in total. The van der Waals surface area contributed by atoms with E-state index in [1.165, 1.54) is 83.0 Å².